The molecule has 0 amide bonds. The highest BCUT2D eigenvalue weighted by Gasteiger charge is 2.27. The SMILES string of the molecule is Cc1ccc2nc(N3CCCC(N4CCOCC4)C3)sc2c1. The molecule has 4 rings (SSSR count). The van der Waals surface area contributed by atoms with Gasteiger partial charge in [0.2, 0.25) is 0 Å². The first-order valence-corrected chi connectivity index (χ1v) is 9.05. The molecule has 2 aliphatic rings. The highest BCUT2D eigenvalue weighted by Crippen LogP contribution is 2.31. The van der Waals surface area contributed by atoms with Crippen molar-refractivity contribution in [2.24, 2.45) is 0 Å². The summed E-state index contributed by atoms with van der Waals surface area (Å²) in [5.74, 6) is 0. The summed E-state index contributed by atoms with van der Waals surface area (Å²) in [7, 11) is 0. The Morgan fingerprint density at radius 2 is 2.09 bits per heavy atom. The van der Waals surface area contributed by atoms with Crippen molar-refractivity contribution in [3.63, 3.8) is 0 Å². The van der Waals surface area contributed by atoms with Gasteiger partial charge in [-0.1, -0.05) is 17.4 Å². The third-order valence-corrected chi connectivity index (χ3v) is 5.84. The number of piperidine rings is 1. The number of aromatic nitrogens is 1. The normalized spacial score (nSPS) is 24.0. The average Bonchev–Trinajstić information content (AvgIpc) is 2.99. The van der Waals surface area contributed by atoms with Gasteiger partial charge in [0.05, 0.1) is 23.4 Å². The maximum Gasteiger partial charge on any atom is 0.186 e. The molecule has 0 N–H and O–H groups in total. The predicted molar refractivity (Wildman–Crippen MR) is 92.0 cm³/mol. The summed E-state index contributed by atoms with van der Waals surface area (Å²) in [5, 5.41) is 1.19. The van der Waals surface area contributed by atoms with Crippen LogP contribution in [-0.4, -0.2) is 55.3 Å². The molecule has 1 unspecified atom stereocenters. The second-order valence-electron chi connectivity index (χ2n) is 6.36. The number of morpholine rings is 1. The number of hydrogen-bond donors (Lipinski definition) is 0. The molecule has 0 aliphatic carbocycles. The van der Waals surface area contributed by atoms with Crippen LogP contribution in [0.4, 0.5) is 5.13 Å². The van der Waals surface area contributed by atoms with Gasteiger partial charge in [0.15, 0.2) is 5.13 Å². The molecule has 3 heterocycles. The molecule has 5 heteroatoms. The Balaban J connectivity index is 1.52. The summed E-state index contributed by atoms with van der Waals surface area (Å²) < 4.78 is 6.80. The molecule has 118 valence electrons. The van der Waals surface area contributed by atoms with Crippen molar-refractivity contribution >= 4 is 26.7 Å². The van der Waals surface area contributed by atoms with Gasteiger partial charge in [-0.25, -0.2) is 4.98 Å². The van der Waals surface area contributed by atoms with Crippen molar-refractivity contribution in [3.05, 3.63) is 23.8 Å². The van der Waals surface area contributed by atoms with Crippen molar-refractivity contribution in [2.75, 3.05) is 44.3 Å². The number of thiazole rings is 1. The Morgan fingerprint density at radius 3 is 2.95 bits per heavy atom. The smallest absolute Gasteiger partial charge is 0.186 e. The maximum absolute atomic E-state index is 5.49. The fourth-order valence-corrected chi connectivity index (χ4v) is 4.62. The first-order valence-electron chi connectivity index (χ1n) is 8.23. The lowest BCUT2D eigenvalue weighted by Crippen LogP contribution is -2.51. The number of nitrogens with zero attached hydrogens (tertiary/aromatic N) is 3. The molecule has 22 heavy (non-hydrogen) atoms. The van der Waals surface area contributed by atoms with Gasteiger partial charge in [0, 0.05) is 32.2 Å². The van der Waals surface area contributed by atoms with Gasteiger partial charge in [0.1, 0.15) is 0 Å². The van der Waals surface area contributed by atoms with Crippen LogP contribution in [0.2, 0.25) is 0 Å². The van der Waals surface area contributed by atoms with E-state index in [0.29, 0.717) is 6.04 Å². The van der Waals surface area contributed by atoms with Gasteiger partial charge in [-0.2, -0.15) is 0 Å². The van der Waals surface area contributed by atoms with Crippen LogP contribution in [0.3, 0.4) is 0 Å². The van der Waals surface area contributed by atoms with Crippen LogP contribution in [0, 0.1) is 6.92 Å². The molecule has 1 aromatic carbocycles. The standard InChI is InChI=1S/C17H23N3OS/c1-13-4-5-15-16(11-13)22-17(18-15)20-6-2-3-14(12-20)19-7-9-21-10-8-19/h4-5,11,14H,2-3,6-10,12H2,1H3. The summed E-state index contributed by atoms with van der Waals surface area (Å²) in [6.45, 7) is 8.33. The predicted octanol–water partition coefficient (Wildman–Crippen LogP) is 2.91. The second kappa shape index (κ2) is 6.14. The van der Waals surface area contributed by atoms with Gasteiger partial charge in [-0.3, -0.25) is 4.90 Å². The summed E-state index contributed by atoms with van der Waals surface area (Å²) in [6, 6.07) is 7.21. The van der Waals surface area contributed by atoms with E-state index in [9.17, 15) is 0 Å². The second-order valence-corrected chi connectivity index (χ2v) is 7.37. The fraction of sp³-hybridized carbons (Fsp3) is 0.588. The fourth-order valence-electron chi connectivity index (χ4n) is 3.52. The van der Waals surface area contributed by atoms with Crippen LogP contribution < -0.4 is 4.90 Å². The molecule has 0 bridgehead atoms. The number of ether oxygens (including phenoxy) is 1. The largest absolute Gasteiger partial charge is 0.379 e. The lowest BCUT2D eigenvalue weighted by atomic mass is 10.0. The van der Waals surface area contributed by atoms with E-state index in [1.54, 1.807) is 0 Å². The van der Waals surface area contributed by atoms with Crippen LogP contribution >= 0.6 is 11.3 Å². The monoisotopic (exact) mass is 317 g/mol. The zero-order valence-electron chi connectivity index (χ0n) is 13.1. The molecule has 2 fully saturated rings. The number of rotatable bonds is 2. The third kappa shape index (κ3) is 2.85. The highest BCUT2D eigenvalue weighted by atomic mass is 32.1. The molecule has 2 aliphatic heterocycles. The Hall–Kier alpha value is -1.17. The molecule has 2 saturated heterocycles. The van der Waals surface area contributed by atoms with E-state index in [0.717, 1.165) is 44.9 Å². The maximum atomic E-state index is 5.49. The third-order valence-electron chi connectivity index (χ3n) is 4.76. The lowest BCUT2D eigenvalue weighted by Gasteiger charge is -2.40. The van der Waals surface area contributed by atoms with E-state index < -0.39 is 0 Å². The van der Waals surface area contributed by atoms with Gasteiger partial charge in [0.25, 0.3) is 0 Å². The molecule has 4 nitrogen and oxygen atoms in total. The number of hydrogen-bond acceptors (Lipinski definition) is 5. The quantitative estimate of drug-likeness (QED) is 0.851. The van der Waals surface area contributed by atoms with E-state index in [1.807, 2.05) is 11.3 Å². The summed E-state index contributed by atoms with van der Waals surface area (Å²) >= 11 is 1.84. The van der Waals surface area contributed by atoms with Crippen LogP contribution in [0.5, 0.6) is 0 Å². The number of benzene rings is 1. The molecule has 1 aromatic heterocycles. The van der Waals surface area contributed by atoms with Crippen LogP contribution in [-0.2, 0) is 4.74 Å². The van der Waals surface area contributed by atoms with E-state index >= 15 is 0 Å². The average molecular weight is 317 g/mol. The van der Waals surface area contributed by atoms with Crippen molar-refractivity contribution < 1.29 is 4.74 Å². The Kier molecular flexibility index (Phi) is 4.03. The van der Waals surface area contributed by atoms with Gasteiger partial charge >= 0.3 is 0 Å². The molecule has 2 aromatic rings. The zero-order valence-corrected chi connectivity index (χ0v) is 13.9. The summed E-state index contributed by atoms with van der Waals surface area (Å²) in [6.07, 6.45) is 2.57. The van der Waals surface area contributed by atoms with Crippen LogP contribution in [0.1, 0.15) is 18.4 Å². The molecule has 0 radical (unpaired) electrons. The number of anilines is 1. The molecule has 1 atom stereocenters. The van der Waals surface area contributed by atoms with E-state index in [4.69, 9.17) is 9.72 Å². The van der Waals surface area contributed by atoms with Gasteiger partial charge < -0.3 is 9.64 Å². The first kappa shape index (κ1) is 14.4. The van der Waals surface area contributed by atoms with Crippen molar-refractivity contribution in [1.82, 2.24) is 9.88 Å². The molecule has 0 saturated carbocycles. The summed E-state index contributed by atoms with van der Waals surface area (Å²) in [4.78, 5) is 9.95. The minimum absolute atomic E-state index is 0.659. The van der Waals surface area contributed by atoms with E-state index in [1.165, 1.54) is 28.2 Å². The van der Waals surface area contributed by atoms with E-state index in [2.05, 4.69) is 34.9 Å². The summed E-state index contributed by atoms with van der Waals surface area (Å²) in [5.41, 5.74) is 2.45. The Morgan fingerprint density at radius 1 is 1.23 bits per heavy atom. The molecule has 0 spiro atoms. The molecular formula is C17H23N3OS. The van der Waals surface area contributed by atoms with Crippen molar-refractivity contribution in [2.45, 2.75) is 25.8 Å². The topological polar surface area (TPSA) is 28.6 Å². The van der Waals surface area contributed by atoms with Crippen molar-refractivity contribution in [3.8, 4) is 0 Å². The van der Waals surface area contributed by atoms with Crippen molar-refractivity contribution in [1.29, 1.82) is 0 Å². The van der Waals surface area contributed by atoms with E-state index in [-0.39, 0.29) is 0 Å². The Bertz CT molecular complexity index is 650. The lowest BCUT2D eigenvalue weighted by molar-refractivity contribution is 0.0137. The van der Waals surface area contributed by atoms with Gasteiger partial charge in [-0.05, 0) is 37.5 Å². The number of aryl methyl sites for hydroxylation is 1. The van der Waals surface area contributed by atoms with Crippen LogP contribution in [0.25, 0.3) is 10.2 Å². The highest BCUT2D eigenvalue weighted by molar-refractivity contribution is 7.22. The molecular weight excluding hydrogens is 294 g/mol. The zero-order chi connectivity index (χ0) is 14.9. The Labute approximate surface area is 135 Å². The first-order chi connectivity index (χ1) is 10.8. The van der Waals surface area contributed by atoms with Crippen LogP contribution in [0.15, 0.2) is 18.2 Å². The minimum atomic E-state index is 0.659. The minimum Gasteiger partial charge on any atom is -0.379 e. The van der Waals surface area contributed by atoms with Gasteiger partial charge in [-0.15, -0.1) is 0 Å². The number of fused-ring (bicyclic) bond motifs is 1.